The fourth-order valence-electron chi connectivity index (χ4n) is 3.42. The zero-order chi connectivity index (χ0) is 19.9. The number of furan rings is 1. The standard InChI is InChI=1S/C22H18F3NO2/c1-3-14-6-4-7-17-18-8-5-9-19(21(18)27-20(14)17)26(2)15-10-12-16(13-11-15)28-22(23,24)25/h4-13H,3H2,1-2H3. The lowest BCUT2D eigenvalue weighted by atomic mass is 10.1. The highest BCUT2D eigenvalue weighted by Crippen LogP contribution is 2.38. The van der Waals surface area contributed by atoms with Crippen LogP contribution in [0.1, 0.15) is 12.5 Å². The van der Waals surface area contributed by atoms with Gasteiger partial charge in [-0.15, -0.1) is 13.2 Å². The third-order valence-corrected chi connectivity index (χ3v) is 4.78. The maximum Gasteiger partial charge on any atom is 0.573 e. The van der Waals surface area contributed by atoms with Crippen LogP contribution in [0, 0.1) is 0 Å². The highest BCUT2D eigenvalue weighted by molar-refractivity contribution is 6.10. The number of fused-ring (bicyclic) bond motifs is 3. The van der Waals surface area contributed by atoms with Gasteiger partial charge in [-0.25, -0.2) is 0 Å². The molecule has 4 rings (SSSR count). The molecule has 0 N–H and O–H groups in total. The number of halogens is 3. The Kier molecular flexibility index (Phi) is 4.41. The monoisotopic (exact) mass is 385 g/mol. The van der Waals surface area contributed by atoms with E-state index in [0.29, 0.717) is 0 Å². The minimum atomic E-state index is -4.70. The van der Waals surface area contributed by atoms with Crippen LogP contribution in [-0.2, 0) is 6.42 Å². The SMILES string of the molecule is CCc1cccc2c1oc1c(N(C)c3ccc(OC(F)(F)F)cc3)cccc12. The summed E-state index contributed by atoms with van der Waals surface area (Å²) in [7, 11) is 1.85. The molecule has 0 aliphatic carbocycles. The fraction of sp³-hybridized carbons (Fsp3) is 0.182. The predicted octanol–water partition coefficient (Wildman–Crippen LogP) is 6.81. The Bertz CT molecular complexity index is 1130. The first kappa shape index (κ1) is 18.2. The molecule has 0 spiro atoms. The minimum Gasteiger partial charge on any atom is -0.454 e. The van der Waals surface area contributed by atoms with Crippen LogP contribution < -0.4 is 9.64 Å². The van der Waals surface area contributed by atoms with Crippen LogP contribution in [0.15, 0.2) is 65.1 Å². The maximum absolute atomic E-state index is 12.4. The molecule has 3 aromatic carbocycles. The van der Waals surface area contributed by atoms with Gasteiger partial charge in [-0.05, 0) is 42.3 Å². The number of ether oxygens (including phenoxy) is 1. The molecule has 0 radical (unpaired) electrons. The molecule has 0 saturated heterocycles. The molecule has 0 fully saturated rings. The van der Waals surface area contributed by atoms with Crippen molar-refractivity contribution in [2.45, 2.75) is 19.7 Å². The van der Waals surface area contributed by atoms with Gasteiger partial charge in [0.15, 0.2) is 5.58 Å². The van der Waals surface area contributed by atoms with Crippen LogP contribution in [0.5, 0.6) is 5.75 Å². The van der Waals surface area contributed by atoms with E-state index in [1.807, 2.05) is 48.3 Å². The summed E-state index contributed by atoms with van der Waals surface area (Å²) in [6.07, 6.45) is -3.84. The van der Waals surface area contributed by atoms with Gasteiger partial charge in [0.2, 0.25) is 0 Å². The van der Waals surface area contributed by atoms with Crippen molar-refractivity contribution in [1.82, 2.24) is 0 Å². The number of aryl methyl sites for hydroxylation is 1. The molecule has 0 saturated carbocycles. The number of anilines is 2. The third kappa shape index (κ3) is 3.26. The zero-order valence-corrected chi connectivity index (χ0v) is 15.4. The lowest BCUT2D eigenvalue weighted by molar-refractivity contribution is -0.274. The lowest BCUT2D eigenvalue weighted by Crippen LogP contribution is -2.17. The summed E-state index contributed by atoms with van der Waals surface area (Å²) in [6.45, 7) is 2.08. The summed E-state index contributed by atoms with van der Waals surface area (Å²) in [6, 6.07) is 17.8. The van der Waals surface area contributed by atoms with Crippen molar-refractivity contribution in [2.24, 2.45) is 0 Å². The summed E-state index contributed by atoms with van der Waals surface area (Å²) in [5.74, 6) is -0.251. The van der Waals surface area contributed by atoms with Gasteiger partial charge in [0.1, 0.15) is 11.3 Å². The van der Waals surface area contributed by atoms with Gasteiger partial charge in [0.25, 0.3) is 0 Å². The Hall–Kier alpha value is -3.15. The van der Waals surface area contributed by atoms with Crippen molar-refractivity contribution in [3.8, 4) is 5.75 Å². The van der Waals surface area contributed by atoms with Gasteiger partial charge < -0.3 is 14.1 Å². The van der Waals surface area contributed by atoms with E-state index in [4.69, 9.17) is 4.42 Å². The highest BCUT2D eigenvalue weighted by atomic mass is 19.4. The molecular formula is C22H18F3NO2. The second kappa shape index (κ2) is 6.78. The maximum atomic E-state index is 12.4. The zero-order valence-electron chi connectivity index (χ0n) is 15.4. The third-order valence-electron chi connectivity index (χ3n) is 4.78. The van der Waals surface area contributed by atoms with E-state index in [9.17, 15) is 13.2 Å². The van der Waals surface area contributed by atoms with Crippen molar-refractivity contribution in [3.05, 3.63) is 66.2 Å². The summed E-state index contributed by atoms with van der Waals surface area (Å²) in [4.78, 5) is 1.88. The number of hydrogen-bond acceptors (Lipinski definition) is 3. The van der Waals surface area contributed by atoms with Gasteiger partial charge in [-0.1, -0.05) is 37.3 Å². The average Bonchev–Trinajstić information content (AvgIpc) is 3.05. The molecule has 0 aliphatic rings. The molecule has 0 atom stereocenters. The first-order valence-electron chi connectivity index (χ1n) is 8.90. The van der Waals surface area contributed by atoms with Crippen molar-refractivity contribution < 1.29 is 22.3 Å². The summed E-state index contributed by atoms with van der Waals surface area (Å²) >= 11 is 0. The lowest BCUT2D eigenvalue weighted by Gasteiger charge is -2.20. The van der Waals surface area contributed by atoms with Crippen LogP contribution in [-0.4, -0.2) is 13.4 Å². The quantitative estimate of drug-likeness (QED) is 0.386. The van der Waals surface area contributed by atoms with Gasteiger partial charge in [-0.3, -0.25) is 0 Å². The van der Waals surface area contributed by atoms with Crippen molar-refractivity contribution in [3.63, 3.8) is 0 Å². The van der Waals surface area contributed by atoms with Crippen LogP contribution in [0.2, 0.25) is 0 Å². The fourth-order valence-corrected chi connectivity index (χ4v) is 3.42. The number of nitrogens with zero attached hydrogens (tertiary/aromatic N) is 1. The van der Waals surface area contributed by atoms with Crippen LogP contribution in [0.4, 0.5) is 24.5 Å². The number of rotatable bonds is 4. The molecule has 1 aromatic heterocycles. The topological polar surface area (TPSA) is 25.6 Å². The molecule has 0 bridgehead atoms. The highest BCUT2D eigenvalue weighted by Gasteiger charge is 2.31. The largest absolute Gasteiger partial charge is 0.573 e. The molecule has 0 aliphatic heterocycles. The molecule has 0 unspecified atom stereocenters. The number of hydrogen-bond donors (Lipinski definition) is 0. The van der Waals surface area contributed by atoms with E-state index >= 15 is 0 Å². The normalized spacial score (nSPS) is 11.9. The van der Waals surface area contributed by atoms with E-state index < -0.39 is 6.36 Å². The van der Waals surface area contributed by atoms with Crippen LogP contribution >= 0.6 is 0 Å². The average molecular weight is 385 g/mol. The second-order valence-electron chi connectivity index (χ2n) is 6.50. The first-order valence-corrected chi connectivity index (χ1v) is 8.90. The number of alkyl halides is 3. The van der Waals surface area contributed by atoms with E-state index in [-0.39, 0.29) is 5.75 Å². The molecule has 28 heavy (non-hydrogen) atoms. The van der Waals surface area contributed by atoms with E-state index in [1.165, 1.54) is 12.1 Å². The van der Waals surface area contributed by atoms with Crippen LogP contribution in [0.25, 0.3) is 21.9 Å². The molecule has 6 heteroatoms. The number of para-hydroxylation sites is 2. The van der Waals surface area contributed by atoms with E-state index in [2.05, 4.69) is 11.7 Å². The van der Waals surface area contributed by atoms with Crippen molar-refractivity contribution in [1.29, 1.82) is 0 Å². The van der Waals surface area contributed by atoms with Crippen LogP contribution in [0.3, 0.4) is 0 Å². The summed E-state index contributed by atoms with van der Waals surface area (Å²) in [5.41, 5.74) is 4.31. The molecule has 144 valence electrons. The Morgan fingerprint density at radius 1 is 0.893 bits per heavy atom. The molecule has 1 heterocycles. The number of benzene rings is 3. The second-order valence-corrected chi connectivity index (χ2v) is 6.50. The van der Waals surface area contributed by atoms with Gasteiger partial charge >= 0.3 is 6.36 Å². The molecule has 0 amide bonds. The summed E-state index contributed by atoms with van der Waals surface area (Å²) in [5, 5.41) is 2.06. The molecular weight excluding hydrogens is 367 g/mol. The van der Waals surface area contributed by atoms with Gasteiger partial charge in [0.05, 0.1) is 5.69 Å². The Morgan fingerprint density at radius 2 is 1.54 bits per heavy atom. The Labute approximate surface area is 159 Å². The Balaban J connectivity index is 1.76. The summed E-state index contributed by atoms with van der Waals surface area (Å²) < 4.78 is 47.2. The van der Waals surface area contributed by atoms with Crippen molar-refractivity contribution in [2.75, 3.05) is 11.9 Å². The minimum absolute atomic E-state index is 0.251. The molecule has 4 aromatic rings. The van der Waals surface area contributed by atoms with Gasteiger partial charge in [-0.2, -0.15) is 0 Å². The van der Waals surface area contributed by atoms with E-state index in [0.717, 1.165) is 45.3 Å². The van der Waals surface area contributed by atoms with Gasteiger partial charge in [0, 0.05) is 23.5 Å². The first-order chi connectivity index (χ1) is 13.4. The molecule has 3 nitrogen and oxygen atoms in total. The smallest absolute Gasteiger partial charge is 0.454 e. The van der Waals surface area contributed by atoms with Crippen molar-refractivity contribution >= 4 is 33.3 Å². The predicted molar refractivity (Wildman–Crippen MR) is 104 cm³/mol. The van der Waals surface area contributed by atoms with E-state index in [1.54, 1.807) is 12.1 Å². The Morgan fingerprint density at radius 3 is 2.18 bits per heavy atom.